The first kappa shape index (κ1) is 22.1. The molecule has 3 aromatic rings. The molecule has 0 bridgehead atoms. The zero-order valence-corrected chi connectivity index (χ0v) is 15.5. The van der Waals surface area contributed by atoms with Crippen LogP contribution in [0.25, 0.3) is 11.1 Å². The van der Waals surface area contributed by atoms with Crippen molar-refractivity contribution in [3.05, 3.63) is 83.2 Å². The zero-order valence-electron chi connectivity index (χ0n) is 15.5. The van der Waals surface area contributed by atoms with Gasteiger partial charge in [0.2, 0.25) is 0 Å². The first-order valence-electron chi connectivity index (χ1n) is 8.47. The summed E-state index contributed by atoms with van der Waals surface area (Å²) < 4.78 is 106. The summed E-state index contributed by atoms with van der Waals surface area (Å²) in [5.41, 5.74) is -1.71. The third-order valence-electron chi connectivity index (χ3n) is 3.99. The minimum Gasteiger partial charge on any atom is -0.429 e. The fourth-order valence-electron chi connectivity index (χ4n) is 2.69. The fourth-order valence-corrected chi connectivity index (χ4v) is 2.69. The smallest absolute Gasteiger partial charge is 0.429 e. The summed E-state index contributed by atoms with van der Waals surface area (Å²) in [6, 6.07) is 6.76. The highest BCUT2D eigenvalue weighted by atomic mass is 19.3. The van der Waals surface area contributed by atoms with Crippen molar-refractivity contribution >= 4 is 5.97 Å². The van der Waals surface area contributed by atoms with Crippen LogP contribution in [0.1, 0.15) is 12.5 Å². The molecule has 10 heteroatoms. The van der Waals surface area contributed by atoms with Gasteiger partial charge in [-0.3, -0.25) is 4.79 Å². The maximum Gasteiger partial charge on any atom is 0.432 e. The second kappa shape index (κ2) is 8.29. The molecular formula is C21H11F7O3. The van der Waals surface area contributed by atoms with E-state index in [9.17, 15) is 35.5 Å². The van der Waals surface area contributed by atoms with Crippen LogP contribution in [-0.4, -0.2) is 5.97 Å². The van der Waals surface area contributed by atoms with Gasteiger partial charge in [0.15, 0.2) is 17.5 Å². The maximum atomic E-state index is 14.4. The van der Waals surface area contributed by atoms with Gasteiger partial charge in [0.25, 0.3) is 0 Å². The van der Waals surface area contributed by atoms with Gasteiger partial charge in [-0.1, -0.05) is 12.1 Å². The molecule has 0 aromatic heterocycles. The molecule has 0 saturated carbocycles. The summed E-state index contributed by atoms with van der Waals surface area (Å²) in [7, 11) is 0. The Labute approximate surface area is 170 Å². The lowest BCUT2D eigenvalue weighted by atomic mass is 10.0. The molecule has 0 aliphatic rings. The summed E-state index contributed by atoms with van der Waals surface area (Å²) >= 11 is 0. The summed E-state index contributed by atoms with van der Waals surface area (Å²) in [5, 5.41) is 0. The molecule has 0 fully saturated rings. The van der Waals surface area contributed by atoms with Gasteiger partial charge in [-0.15, -0.1) is 0 Å². The lowest BCUT2D eigenvalue weighted by Gasteiger charge is -2.20. The summed E-state index contributed by atoms with van der Waals surface area (Å²) in [6.45, 7) is 1.17. The lowest BCUT2D eigenvalue weighted by molar-refractivity contribution is -0.189. The molecule has 0 radical (unpaired) electrons. The molecule has 0 aliphatic heterocycles. The van der Waals surface area contributed by atoms with E-state index in [4.69, 9.17) is 4.74 Å². The number of rotatable bonds is 5. The summed E-state index contributed by atoms with van der Waals surface area (Å²) in [5.74, 6) is -10.6. The highest BCUT2D eigenvalue weighted by molar-refractivity contribution is 5.70. The van der Waals surface area contributed by atoms with Crippen LogP contribution in [0.2, 0.25) is 0 Å². The minimum absolute atomic E-state index is 0.112. The number of ether oxygens (including phenoxy) is 2. The second-order valence-electron chi connectivity index (χ2n) is 6.25. The van der Waals surface area contributed by atoms with Crippen LogP contribution in [0.4, 0.5) is 30.7 Å². The average Bonchev–Trinajstić information content (AvgIpc) is 2.65. The second-order valence-corrected chi connectivity index (χ2v) is 6.25. The first-order valence-corrected chi connectivity index (χ1v) is 8.47. The van der Waals surface area contributed by atoms with E-state index in [1.54, 1.807) is 0 Å². The van der Waals surface area contributed by atoms with E-state index < -0.39 is 52.5 Å². The zero-order chi connectivity index (χ0) is 22.9. The number of halogens is 7. The third-order valence-corrected chi connectivity index (χ3v) is 3.99. The van der Waals surface area contributed by atoms with Crippen molar-refractivity contribution in [3.63, 3.8) is 0 Å². The highest BCUT2D eigenvalue weighted by Crippen LogP contribution is 2.37. The Morgan fingerprint density at radius 2 is 1.26 bits per heavy atom. The topological polar surface area (TPSA) is 35.5 Å². The molecule has 3 aromatic carbocycles. The summed E-state index contributed by atoms with van der Waals surface area (Å²) in [4.78, 5) is 10.9. The Hall–Kier alpha value is -3.56. The normalized spacial score (nSPS) is 11.4. The first-order chi connectivity index (χ1) is 14.5. The molecular weight excluding hydrogens is 433 g/mol. The van der Waals surface area contributed by atoms with Gasteiger partial charge in [0.1, 0.15) is 28.7 Å². The van der Waals surface area contributed by atoms with E-state index in [2.05, 4.69) is 4.74 Å². The Balaban J connectivity index is 1.93. The molecule has 0 amide bonds. The predicted molar refractivity (Wildman–Crippen MR) is 93.9 cm³/mol. The van der Waals surface area contributed by atoms with Crippen LogP contribution in [0.5, 0.6) is 11.5 Å². The number of hydrogen-bond acceptors (Lipinski definition) is 3. The van der Waals surface area contributed by atoms with Gasteiger partial charge in [0, 0.05) is 19.1 Å². The van der Waals surface area contributed by atoms with Gasteiger partial charge in [-0.25, -0.2) is 22.0 Å². The van der Waals surface area contributed by atoms with Crippen LogP contribution in [0, 0.1) is 29.1 Å². The standard InChI is InChI=1S/C21H11F7O3/c1-10(29)30-13-4-2-11(3-5-13)12-6-15(22)19(16(23)7-12)21(27,28)31-14-8-17(24)20(26)18(25)9-14/h2-9H,1H3. The highest BCUT2D eigenvalue weighted by Gasteiger charge is 2.41. The predicted octanol–water partition coefficient (Wildman–Crippen LogP) is 6.10. The molecule has 3 rings (SSSR count). The van der Waals surface area contributed by atoms with E-state index >= 15 is 0 Å². The van der Waals surface area contributed by atoms with Crippen LogP contribution in [0.15, 0.2) is 48.5 Å². The molecule has 0 aliphatic carbocycles. The van der Waals surface area contributed by atoms with E-state index in [0.29, 0.717) is 12.1 Å². The molecule has 0 atom stereocenters. The lowest BCUT2D eigenvalue weighted by Crippen LogP contribution is -2.25. The quantitative estimate of drug-likeness (QED) is 0.206. The Kier molecular flexibility index (Phi) is 5.92. The largest absolute Gasteiger partial charge is 0.432 e. The van der Waals surface area contributed by atoms with Crippen molar-refractivity contribution in [1.82, 2.24) is 0 Å². The Morgan fingerprint density at radius 3 is 1.74 bits per heavy atom. The van der Waals surface area contributed by atoms with Crippen molar-refractivity contribution in [1.29, 1.82) is 0 Å². The number of carbonyl (C=O) groups is 1. The van der Waals surface area contributed by atoms with Crippen LogP contribution < -0.4 is 9.47 Å². The Bertz CT molecular complexity index is 1100. The number of esters is 1. The molecule has 0 saturated heterocycles. The van der Waals surface area contributed by atoms with Gasteiger partial charge in [-0.05, 0) is 35.4 Å². The molecule has 0 unspecified atom stereocenters. The van der Waals surface area contributed by atoms with E-state index in [1.807, 2.05) is 0 Å². The molecule has 0 N–H and O–H groups in total. The van der Waals surface area contributed by atoms with Crippen molar-refractivity contribution in [2.24, 2.45) is 0 Å². The molecule has 0 heterocycles. The van der Waals surface area contributed by atoms with Gasteiger partial charge in [-0.2, -0.15) is 8.78 Å². The Morgan fingerprint density at radius 1 is 0.742 bits per heavy atom. The maximum absolute atomic E-state index is 14.4. The number of carbonyl (C=O) groups excluding carboxylic acids is 1. The van der Waals surface area contributed by atoms with Crippen molar-refractivity contribution in [2.45, 2.75) is 13.0 Å². The number of hydrogen-bond donors (Lipinski definition) is 0. The SMILES string of the molecule is CC(=O)Oc1ccc(-c2cc(F)c(C(F)(F)Oc3cc(F)c(F)c(F)c3)c(F)c2)cc1. The summed E-state index contributed by atoms with van der Waals surface area (Å²) in [6.07, 6.45) is -4.68. The van der Waals surface area contributed by atoms with Gasteiger partial charge in [0.05, 0.1) is 0 Å². The van der Waals surface area contributed by atoms with Crippen LogP contribution in [0.3, 0.4) is 0 Å². The van der Waals surface area contributed by atoms with Crippen molar-refractivity contribution in [3.8, 4) is 22.6 Å². The molecule has 3 nitrogen and oxygen atoms in total. The van der Waals surface area contributed by atoms with E-state index in [0.717, 1.165) is 0 Å². The molecule has 162 valence electrons. The minimum atomic E-state index is -4.68. The van der Waals surface area contributed by atoms with Crippen molar-refractivity contribution < 1.29 is 45.0 Å². The monoisotopic (exact) mass is 444 g/mol. The molecule has 0 spiro atoms. The third kappa shape index (κ3) is 4.79. The van der Waals surface area contributed by atoms with E-state index in [-0.39, 0.29) is 29.0 Å². The van der Waals surface area contributed by atoms with Gasteiger partial charge >= 0.3 is 12.1 Å². The van der Waals surface area contributed by atoms with E-state index in [1.165, 1.54) is 31.2 Å². The fraction of sp³-hybridized carbons (Fsp3) is 0.0952. The van der Waals surface area contributed by atoms with Gasteiger partial charge < -0.3 is 9.47 Å². The van der Waals surface area contributed by atoms with Crippen LogP contribution >= 0.6 is 0 Å². The average molecular weight is 444 g/mol. The number of benzene rings is 3. The molecule has 31 heavy (non-hydrogen) atoms. The number of alkyl halides is 2. The van der Waals surface area contributed by atoms with Crippen molar-refractivity contribution in [2.75, 3.05) is 0 Å². The van der Waals surface area contributed by atoms with Crippen LogP contribution in [-0.2, 0) is 10.9 Å².